The Hall–Kier alpha value is -2.37. The minimum absolute atomic E-state index is 0.00151. The quantitative estimate of drug-likeness (QED) is 0.877. The van der Waals surface area contributed by atoms with Crippen LogP contribution in [0, 0.1) is 6.92 Å². The van der Waals surface area contributed by atoms with Crippen LogP contribution in [0.2, 0.25) is 0 Å². The molecule has 5 nitrogen and oxygen atoms in total. The summed E-state index contributed by atoms with van der Waals surface area (Å²) < 4.78 is 5.77. The first kappa shape index (κ1) is 17.5. The number of ether oxygens (including phenoxy) is 1. The van der Waals surface area contributed by atoms with Gasteiger partial charge in [-0.2, -0.15) is 0 Å². The third-order valence-corrected chi connectivity index (χ3v) is 4.36. The van der Waals surface area contributed by atoms with Crippen molar-refractivity contribution in [3.05, 3.63) is 65.2 Å². The Labute approximate surface area is 148 Å². The van der Waals surface area contributed by atoms with E-state index in [9.17, 15) is 9.90 Å². The molecule has 3 rings (SSSR count). The Kier molecular flexibility index (Phi) is 5.68. The standard InChI is InChI=1S/C20H24N2O3/c1-15-7-8-19(23)18(11-15)20(24)21-12-17-14-22(9-10-25-17)13-16-5-3-2-4-6-16/h2-8,11,17,23H,9-10,12-14H2,1H3,(H,21,24)/t17-/m0/s1. The second-order valence-corrected chi connectivity index (χ2v) is 6.44. The summed E-state index contributed by atoms with van der Waals surface area (Å²) in [6.07, 6.45) is -0.0478. The molecule has 2 aromatic rings. The molecule has 2 N–H and O–H groups in total. The molecule has 0 aliphatic carbocycles. The zero-order valence-electron chi connectivity index (χ0n) is 14.4. The molecule has 1 saturated heterocycles. The van der Waals surface area contributed by atoms with Crippen LogP contribution in [0.15, 0.2) is 48.5 Å². The van der Waals surface area contributed by atoms with Crippen molar-refractivity contribution >= 4 is 5.91 Å². The molecule has 0 radical (unpaired) electrons. The monoisotopic (exact) mass is 340 g/mol. The maximum atomic E-state index is 12.3. The molecule has 1 atom stereocenters. The number of hydrogen-bond donors (Lipinski definition) is 2. The van der Waals surface area contributed by atoms with Crippen LogP contribution in [0.25, 0.3) is 0 Å². The lowest BCUT2D eigenvalue weighted by molar-refractivity contribution is -0.0292. The first-order chi connectivity index (χ1) is 12.1. The highest BCUT2D eigenvalue weighted by atomic mass is 16.5. The second kappa shape index (κ2) is 8.14. The van der Waals surface area contributed by atoms with Gasteiger partial charge in [0.25, 0.3) is 5.91 Å². The molecule has 0 spiro atoms. The van der Waals surface area contributed by atoms with Crippen LogP contribution in [-0.4, -0.2) is 48.3 Å². The minimum Gasteiger partial charge on any atom is -0.507 e. The maximum absolute atomic E-state index is 12.3. The van der Waals surface area contributed by atoms with Crippen molar-refractivity contribution in [3.63, 3.8) is 0 Å². The number of aryl methyl sites for hydroxylation is 1. The average Bonchev–Trinajstić information content (AvgIpc) is 2.63. The lowest BCUT2D eigenvalue weighted by atomic mass is 10.1. The van der Waals surface area contributed by atoms with Crippen molar-refractivity contribution in [2.75, 3.05) is 26.2 Å². The molecule has 25 heavy (non-hydrogen) atoms. The molecule has 2 aromatic carbocycles. The highest BCUT2D eigenvalue weighted by Gasteiger charge is 2.21. The molecule has 0 unspecified atom stereocenters. The number of aromatic hydroxyl groups is 1. The van der Waals surface area contributed by atoms with Gasteiger partial charge in [0.15, 0.2) is 0 Å². The molecule has 0 bridgehead atoms. The van der Waals surface area contributed by atoms with Crippen LogP contribution in [0.4, 0.5) is 0 Å². The van der Waals surface area contributed by atoms with Crippen molar-refractivity contribution < 1.29 is 14.6 Å². The number of phenolic OH excluding ortho intramolecular Hbond substituents is 1. The molecular weight excluding hydrogens is 316 g/mol. The Morgan fingerprint density at radius 2 is 2.08 bits per heavy atom. The predicted octanol–water partition coefficient (Wildman–Crippen LogP) is 2.33. The summed E-state index contributed by atoms with van der Waals surface area (Å²) in [7, 11) is 0. The zero-order chi connectivity index (χ0) is 17.6. The van der Waals surface area contributed by atoms with Gasteiger partial charge in [0.05, 0.1) is 18.3 Å². The van der Waals surface area contributed by atoms with E-state index in [-0.39, 0.29) is 17.8 Å². The molecule has 1 fully saturated rings. The van der Waals surface area contributed by atoms with Gasteiger partial charge in [0, 0.05) is 26.2 Å². The Balaban J connectivity index is 1.52. The number of phenols is 1. The van der Waals surface area contributed by atoms with Crippen molar-refractivity contribution in [1.82, 2.24) is 10.2 Å². The summed E-state index contributed by atoms with van der Waals surface area (Å²) in [5, 5.41) is 12.7. The fraction of sp³-hybridized carbons (Fsp3) is 0.350. The van der Waals surface area contributed by atoms with Gasteiger partial charge in [-0.05, 0) is 24.6 Å². The summed E-state index contributed by atoms with van der Waals surface area (Å²) in [5.41, 5.74) is 2.51. The van der Waals surface area contributed by atoms with Gasteiger partial charge in [-0.3, -0.25) is 9.69 Å². The summed E-state index contributed by atoms with van der Waals surface area (Å²) in [6.45, 7) is 5.52. The molecule has 1 aliphatic rings. The van der Waals surface area contributed by atoms with E-state index in [1.165, 1.54) is 5.56 Å². The second-order valence-electron chi connectivity index (χ2n) is 6.44. The zero-order valence-corrected chi connectivity index (χ0v) is 14.4. The van der Waals surface area contributed by atoms with E-state index < -0.39 is 0 Å². The molecular formula is C20H24N2O3. The number of carbonyl (C=O) groups is 1. The number of benzene rings is 2. The normalized spacial score (nSPS) is 18.0. The van der Waals surface area contributed by atoms with E-state index in [0.717, 1.165) is 25.2 Å². The van der Waals surface area contributed by atoms with Crippen LogP contribution in [0.1, 0.15) is 21.5 Å². The van der Waals surface area contributed by atoms with Gasteiger partial charge < -0.3 is 15.2 Å². The van der Waals surface area contributed by atoms with E-state index in [4.69, 9.17) is 4.74 Å². The fourth-order valence-corrected chi connectivity index (χ4v) is 3.02. The smallest absolute Gasteiger partial charge is 0.255 e. The third kappa shape index (κ3) is 4.81. The molecule has 0 aromatic heterocycles. The van der Waals surface area contributed by atoms with Crippen LogP contribution < -0.4 is 5.32 Å². The average molecular weight is 340 g/mol. The first-order valence-corrected chi connectivity index (χ1v) is 8.57. The summed E-state index contributed by atoms with van der Waals surface area (Å²) in [5.74, 6) is -0.275. The van der Waals surface area contributed by atoms with Gasteiger partial charge in [-0.25, -0.2) is 0 Å². The molecule has 1 heterocycles. The van der Waals surface area contributed by atoms with Crippen LogP contribution in [0.3, 0.4) is 0 Å². The first-order valence-electron chi connectivity index (χ1n) is 8.57. The van der Waals surface area contributed by atoms with Gasteiger partial charge >= 0.3 is 0 Å². The van der Waals surface area contributed by atoms with Crippen molar-refractivity contribution in [2.45, 2.75) is 19.6 Å². The number of amides is 1. The van der Waals surface area contributed by atoms with Crippen LogP contribution >= 0.6 is 0 Å². The van der Waals surface area contributed by atoms with Crippen LogP contribution in [0.5, 0.6) is 5.75 Å². The van der Waals surface area contributed by atoms with Gasteiger partial charge in [-0.1, -0.05) is 42.0 Å². The van der Waals surface area contributed by atoms with E-state index in [1.54, 1.807) is 18.2 Å². The minimum atomic E-state index is -0.273. The van der Waals surface area contributed by atoms with Crippen LogP contribution in [-0.2, 0) is 11.3 Å². The molecule has 5 heteroatoms. The fourth-order valence-electron chi connectivity index (χ4n) is 3.02. The van der Waals surface area contributed by atoms with Gasteiger partial charge in [-0.15, -0.1) is 0 Å². The maximum Gasteiger partial charge on any atom is 0.255 e. The summed E-state index contributed by atoms with van der Waals surface area (Å²) >= 11 is 0. The number of nitrogens with zero attached hydrogens (tertiary/aromatic N) is 1. The Morgan fingerprint density at radius 1 is 1.28 bits per heavy atom. The van der Waals surface area contributed by atoms with E-state index >= 15 is 0 Å². The number of morpholine rings is 1. The number of hydrogen-bond acceptors (Lipinski definition) is 4. The summed E-state index contributed by atoms with van der Waals surface area (Å²) in [6, 6.07) is 15.3. The summed E-state index contributed by atoms with van der Waals surface area (Å²) in [4.78, 5) is 14.6. The van der Waals surface area contributed by atoms with Crippen molar-refractivity contribution in [2.24, 2.45) is 0 Å². The molecule has 1 amide bonds. The van der Waals surface area contributed by atoms with Crippen molar-refractivity contribution in [1.29, 1.82) is 0 Å². The topological polar surface area (TPSA) is 61.8 Å². The SMILES string of the molecule is Cc1ccc(O)c(C(=O)NC[C@H]2CN(Cc3ccccc3)CCO2)c1. The third-order valence-electron chi connectivity index (χ3n) is 4.36. The molecule has 0 saturated carbocycles. The number of carbonyl (C=O) groups excluding carboxylic acids is 1. The highest BCUT2D eigenvalue weighted by molar-refractivity contribution is 5.97. The number of nitrogens with one attached hydrogen (secondary N) is 1. The molecule has 132 valence electrons. The predicted molar refractivity (Wildman–Crippen MR) is 96.6 cm³/mol. The van der Waals surface area contributed by atoms with Crippen molar-refractivity contribution in [3.8, 4) is 5.75 Å². The van der Waals surface area contributed by atoms with E-state index in [0.29, 0.717) is 18.7 Å². The highest BCUT2D eigenvalue weighted by Crippen LogP contribution is 2.18. The Bertz CT molecular complexity index is 718. The van der Waals surface area contributed by atoms with Gasteiger partial charge in [0.2, 0.25) is 0 Å². The lowest BCUT2D eigenvalue weighted by Crippen LogP contribution is -2.47. The van der Waals surface area contributed by atoms with E-state index in [2.05, 4.69) is 22.3 Å². The number of rotatable bonds is 5. The lowest BCUT2D eigenvalue weighted by Gasteiger charge is -2.33. The Morgan fingerprint density at radius 3 is 2.88 bits per heavy atom. The van der Waals surface area contributed by atoms with E-state index in [1.807, 2.05) is 25.1 Å². The van der Waals surface area contributed by atoms with Gasteiger partial charge in [0.1, 0.15) is 5.75 Å². The largest absolute Gasteiger partial charge is 0.507 e. The molecule has 1 aliphatic heterocycles.